The fourth-order valence-electron chi connectivity index (χ4n) is 2.37. The number of hydrogen-bond donors (Lipinski definition) is 1. The van der Waals surface area contributed by atoms with Gasteiger partial charge in [-0.3, -0.25) is 4.98 Å². The summed E-state index contributed by atoms with van der Waals surface area (Å²) in [4.78, 5) is 4.64. The summed E-state index contributed by atoms with van der Waals surface area (Å²) in [6, 6.07) is 11.8. The van der Waals surface area contributed by atoms with E-state index >= 15 is 0 Å². The number of pyridine rings is 1. The molecule has 0 amide bonds. The molecule has 4 nitrogen and oxygen atoms in total. The van der Waals surface area contributed by atoms with Gasteiger partial charge in [-0.15, -0.1) is 0 Å². The van der Waals surface area contributed by atoms with E-state index in [1.165, 1.54) is 0 Å². The fraction of sp³-hybridized carbons (Fsp3) is 0.353. The first-order valence-electron chi connectivity index (χ1n) is 7.08. The molecule has 1 aromatic heterocycles. The molecule has 1 unspecified atom stereocenters. The molecular formula is C17H22N2O2. The smallest absolute Gasteiger partial charge is 0.124 e. The van der Waals surface area contributed by atoms with E-state index in [1.54, 1.807) is 14.2 Å². The average Bonchev–Trinajstić information content (AvgIpc) is 2.52. The van der Waals surface area contributed by atoms with Crippen molar-refractivity contribution in [2.45, 2.75) is 19.9 Å². The molecule has 1 aromatic carbocycles. The van der Waals surface area contributed by atoms with Crippen LogP contribution in [0.2, 0.25) is 0 Å². The standard InChI is InChI=1S/C17H22N2O2/c1-5-18-17(15-8-6-7-12(2)19-15)14-11-13(20-3)9-10-16(14)21-4/h6-11,17-18H,5H2,1-4H3. The summed E-state index contributed by atoms with van der Waals surface area (Å²) in [6.45, 7) is 4.91. The largest absolute Gasteiger partial charge is 0.497 e. The van der Waals surface area contributed by atoms with Crippen LogP contribution in [0.4, 0.5) is 0 Å². The molecule has 1 heterocycles. The SMILES string of the molecule is CCNC(c1cccc(C)n1)c1cc(OC)ccc1OC. The lowest BCUT2D eigenvalue weighted by molar-refractivity contribution is 0.393. The predicted octanol–water partition coefficient (Wildman–Crippen LogP) is 3.11. The second-order valence-electron chi connectivity index (χ2n) is 4.80. The lowest BCUT2D eigenvalue weighted by Gasteiger charge is -2.21. The molecule has 4 heteroatoms. The van der Waals surface area contributed by atoms with Gasteiger partial charge in [-0.05, 0) is 43.8 Å². The van der Waals surface area contributed by atoms with Gasteiger partial charge in [0.25, 0.3) is 0 Å². The van der Waals surface area contributed by atoms with Gasteiger partial charge < -0.3 is 14.8 Å². The van der Waals surface area contributed by atoms with Gasteiger partial charge in [0.05, 0.1) is 26.0 Å². The van der Waals surface area contributed by atoms with E-state index in [2.05, 4.69) is 17.2 Å². The first-order valence-corrected chi connectivity index (χ1v) is 7.08. The highest BCUT2D eigenvalue weighted by Crippen LogP contribution is 2.32. The number of rotatable bonds is 6. The van der Waals surface area contributed by atoms with E-state index in [1.807, 2.05) is 43.3 Å². The van der Waals surface area contributed by atoms with Crippen molar-refractivity contribution in [1.29, 1.82) is 0 Å². The number of benzene rings is 1. The normalized spacial score (nSPS) is 12.0. The predicted molar refractivity (Wildman–Crippen MR) is 84.0 cm³/mol. The fourth-order valence-corrected chi connectivity index (χ4v) is 2.37. The van der Waals surface area contributed by atoms with Crippen molar-refractivity contribution >= 4 is 0 Å². The molecule has 1 atom stereocenters. The first kappa shape index (κ1) is 15.3. The Kier molecular flexibility index (Phi) is 5.17. The molecule has 0 bridgehead atoms. The molecule has 0 saturated carbocycles. The molecule has 0 radical (unpaired) electrons. The molecule has 0 saturated heterocycles. The third kappa shape index (κ3) is 3.52. The molecule has 0 fully saturated rings. The van der Waals surface area contributed by atoms with E-state index in [-0.39, 0.29) is 6.04 Å². The van der Waals surface area contributed by atoms with Crippen LogP contribution >= 0.6 is 0 Å². The van der Waals surface area contributed by atoms with E-state index in [4.69, 9.17) is 9.47 Å². The second-order valence-corrected chi connectivity index (χ2v) is 4.80. The molecule has 0 aliphatic heterocycles. The number of aryl methyl sites for hydroxylation is 1. The van der Waals surface area contributed by atoms with E-state index < -0.39 is 0 Å². The van der Waals surface area contributed by atoms with Crippen LogP contribution < -0.4 is 14.8 Å². The Bertz CT molecular complexity index is 599. The lowest BCUT2D eigenvalue weighted by Crippen LogP contribution is -2.23. The van der Waals surface area contributed by atoms with Crippen molar-refractivity contribution < 1.29 is 9.47 Å². The summed E-state index contributed by atoms with van der Waals surface area (Å²) >= 11 is 0. The van der Waals surface area contributed by atoms with Crippen molar-refractivity contribution in [2.24, 2.45) is 0 Å². The Morgan fingerprint density at radius 1 is 1.14 bits per heavy atom. The van der Waals surface area contributed by atoms with Gasteiger partial charge in [0.15, 0.2) is 0 Å². The Morgan fingerprint density at radius 3 is 2.57 bits per heavy atom. The Labute approximate surface area is 126 Å². The summed E-state index contributed by atoms with van der Waals surface area (Å²) in [6.07, 6.45) is 0. The topological polar surface area (TPSA) is 43.4 Å². The van der Waals surface area contributed by atoms with E-state index in [0.717, 1.165) is 35.0 Å². The molecule has 2 aromatic rings. The highest BCUT2D eigenvalue weighted by atomic mass is 16.5. The monoisotopic (exact) mass is 286 g/mol. The number of nitrogens with one attached hydrogen (secondary N) is 1. The molecule has 0 aliphatic rings. The van der Waals surface area contributed by atoms with Gasteiger partial charge in [-0.1, -0.05) is 13.0 Å². The summed E-state index contributed by atoms with van der Waals surface area (Å²) in [5.41, 5.74) is 3.00. The third-order valence-corrected chi connectivity index (χ3v) is 3.36. The van der Waals surface area contributed by atoms with Crippen LogP contribution in [-0.2, 0) is 0 Å². The van der Waals surface area contributed by atoms with Crippen molar-refractivity contribution in [3.8, 4) is 11.5 Å². The maximum Gasteiger partial charge on any atom is 0.124 e. The first-order chi connectivity index (χ1) is 10.2. The van der Waals surface area contributed by atoms with E-state index in [9.17, 15) is 0 Å². The number of ether oxygens (including phenoxy) is 2. The molecule has 21 heavy (non-hydrogen) atoms. The van der Waals surface area contributed by atoms with Gasteiger partial charge in [0, 0.05) is 11.3 Å². The van der Waals surface area contributed by atoms with Crippen LogP contribution in [0.1, 0.15) is 29.9 Å². The Hall–Kier alpha value is -2.07. The summed E-state index contributed by atoms with van der Waals surface area (Å²) < 4.78 is 10.8. The minimum atomic E-state index is -0.0278. The molecule has 0 spiro atoms. The highest BCUT2D eigenvalue weighted by Gasteiger charge is 2.19. The highest BCUT2D eigenvalue weighted by molar-refractivity contribution is 5.45. The van der Waals surface area contributed by atoms with Gasteiger partial charge in [0.2, 0.25) is 0 Å². The van der Waals surface area contributed by atoms with Gasteiger partial charge in [-0.25, -0.2) is 0 Å². The maximum atomic E-state index is 5.50. The molecule has 1 N–H and O–H groups in total. The summed E-state index contributed by atoms with van der Waals surface area (Å²) in [5, 5.41) is 3.47. The number of nitrogens with zero attached hydrogens (tertiary/aromatic N) is 1. The maximum absolute atomic E-state index is 5.50. The lowest BCUT2D eigenvalue weighted by atomic mass is 10.0. The van der Waals surface area contributed by atoms with Crippen molar-refractivity contribution in [3.63, 3.8) is 0 Å². The van der Waals surface area contributed by atoms with Crippen LogP contribution in [0.15, 0.2) is 36.4 Å². The quantitative estimate of drug-likeness (QED) is 0.886. The minimum Gasteiger partial charge on any atom is -0.497 e. The number of aromatic nitrogens is 1. The van der Waals surface area contributed by atoms with Gasteiger partial charge in [-0.2, -0.15) is 0 Å². The minimum absolute atomic E-state index is 0.0278. The van der Waals surface area contributed by atoms with E-state index in [0.29, 0.717) is 0 Å². The van der Waals surface area contributed by atoms with Gasteiger partial charge in [0.1, 0.15) is 11.5 Å². The summed E-state index contributed by atoms with van der Waals surface area (Å²) in [5.74, 6) is 1.63. The van der Waals surface area contributed by atoms with Crippen LogP contribution in [0, 0.1) is 6.92 Å². The molecular weight excluding hydrogens is 264 g/mol. The Balaban J connectivity index is 2.51. The molecule has 112 valence electrons. The van der Waals surface area contributed by atoms with Crippen LogP contribution in [0.3, 0.4) is 0 Å². The van der Waals surface area contributed by atoms with Gasteiger partial charge >= 0.3 is 0 Å². The average molecular weight is 286 g/mol. The Morgan fingerprint density at radius 2 is 1.95 bits per heavy atom. The molecule has 2 rings (SSSR count). The third-order valence-electron chi connectivity index (χ3n) is 3.36. The van der Waals surface area contributed by atoms with Crippen molar-refractivity contribution in [3.05, 3.63) is 53.3 Å². The molecule has 0 aliphatic carbocycles. The van der Waals surface area contributed by atoms with Crippen molar-refractivity contribution in [1.82, 2.24) is 10.3 Å². The number of methoxy groups -OCH3 is 2. The summed E-state index contributed by atoms with van der Waals surface area (Å²) in [7, 11) is 3.34. The van der Waals surface area contributed by atoms with Crippen LogP contribution in [-0.4, -0.2) is 25.7 Å². The van der Waals surface area contributed by atoms with Crippen LogP contribution in [0.5, 0.6) is 11.5 Å². The zero-order chi connectivity index (χ0) is 15.2. The zero-order valence-corrected chi connectivity index (χ0v) is 13.0. The van der Waals surface area contributed by atoms with Crippen LogP contribution in [0.25, 0.3) is 0 Å². The zero-order valence-electron chi connectivity index (χ0n) is 13.0. The second kappa shape index (κ2) is 7.09. The number of hydrogen-bond acceptors (Lipinski definition) is 4. The van der Waals surface area contributed by atoms with Crippen molar-refractivity contribution in [2.75, 3.05) is 20.8 Å².